The number of anilines is 1. The van der Waals surface area contributed by atoms with Gasteiger partial charge in [0.1, 0.15) is 5.82 Å². The van der Waals surface area contributed by atoms with Crippen LogP contribution in [0.5, 0.6) is 0 Å². The van der Waals surface area contributed by atoms with E-state index in [0.717, 1.165) is 11.3 Å². The summed E-state index contributed by atoms with van der Waals surface area (Å²) in [4.78, 5) is 3.96. The highest BCUT2D eigenvalue weighted by molar-refractivity contribution is 5.45. The standard InChI is InChI=1S/C13H13FN2/c1-10(11-5-7-15-8-6-11)16-13-4-2-3-12(14)9-13/h2-10,16H,1H3. The first-order valence-corrected chi connectivity index (χ1v) is 5.18. The molecule has 0 saturated carbocycles. The molecule has 3 heteroatoms. The smallest absolute Gasteiger partial charge is 0.125 e. The van der Waals surface area contributed by atoms with Crippen molar-refractivity contribution in [3.05, 3.63) is 60.2 Å². The summed E-state index contributed by atoms with van der Waals surface area (Å²) < 4.78 is 13.0. The normalized spacial score (nSPS) is 12.1. The van der Waals surface area contributed by atoms with E-state index in [0.29, 0.717) is 0 Å². The van der Waals surface area contributed by atoms with Gasteiger partial charge in [-0.15, -0.1) is 0 Å². The molecule has 0 aliphatic heterocycles. The van der Waals surface area contributed by atoms with Crippen LogP contribution in [0.2, 0.25) is 0 Å². The van der Waals surface area contributed by atoms with Crippen LogP contribution in [0.4, 0.5) is 10.1 Å². The number of rotatable bonds is 3. The first kappa shape index (κ1) is 10.6. The molecule has 0 aliphatic carbocycles. The van der Waals surface area contributed by atoms with Crippen LogP contribution in [0.25, 0.3) is 0 Å². The minimum Gasteiger partial charge on any atom is -0.378 e. The fourth-order valence-electron chi connectivity index (χ4n) is 1.56. The second kappa shape index (κ2) is 4.75. The van der Waals surface area contributed by atoms with Gasteiger partial charge < -0.3 is 5.32 Å². The van der Waals surface area contributed by atoms with Crippen LogP contribution in [0.15, 0.2) is 48.8 Å². The van der Waals surface area contributed by atoms with Crippen LogP contribution in [0, 0.1) is 5.82 Å². The van der Waals surface area contributed by atoms with Gasteiger partial charge in [0.05, 0.1) is 0 Å². The van der Waals surface area contributed by atoms with E-state index in [9.17, 15) is 4.39 Å². The zero-order valence-electron chi connectivity index (χ0n) is 9.02. The van der Waals surface area contributed by atoms with Gasteiger partial charge in [0, 0.05) is 24.1 Å². The molecule has 0 fully saturated rings. The molecule has 1 atom stereocenters. The Morgan fingerprint density at radius 2 is 1.94 bits per heavy atom. The van der Waals surface area contributed by atoms with E-state index in [-0.39, 0.29) is 11.9 Å². The van der Waals surface area contributed by atoms with Gasteiger partial charge in [-0.3, -0.25) is 4.98 Å². The van der Waals surface area contributed by atoms with Gasteiger partial charge in [0.2, 0.25) is 0 Å². The van der Waals surface area contributed by atoms with Crippen molar-refractivity contribution in [1.29, 1.82) is 0 Å². The zero-order chi connectivity index (χ0) is 11.4. The molecule has 0 radical (unpaired) electrons. The predicted octanol–water partition coefficient (Wildman–Crippen LogP) is 3.39. The molecule has 0 aliphatic rings. The van der Waals surface area contributed by atoms with E-state index >= 15 is 0 Å². The number of hydrogen-bond donors (Lipinski definition) is 1. The predicted molar refractivity (Wildman–Crippen MR) is 62.7 cm³/mol. The van der Waals surface area contributed by atoms with E-state index in [2.05, 4.69) is 10.3 Å². The van der Waals surface area contributed by atoms with Crippen LogP contribution >= 0.6 is 0 Å². The number of aromatic nitrogens is 1. The molecular weight excluding hydrogens is 203 g/mol. The summed E-state index contributed by atoms with van der Waals surface area (Å²) in [6, 6.07) is 10.5. The Kier molecular flexibility index (Phi) is 3.15. The van der Waals surface area contributed by atoms with Crippen molar-refractivity contribution in [2.45, 2.75) is 13.0 Å². The van der Waals surface area contributed by atoms with Gasteiger partial charge >= 0.3 is 0 Å². The van der Waals surface area contributed by atoms with Crippen molar-refractivity contribution in [2.75, 3.05) is 5.32 Å². The first-order valence-electron chi connectivity index (χ1n) is 5.18. The fourth-order valence-corrected chi connectivity index (χ4v) is 1.56. The maximum absolute atomic E-state index is 13.0. The number of halogens is 1. The number of benzene rings is 1. The Morgan fingerprint density at radius 3 is 2.62 bits per heavy atom. The minimum absolute atomic E-state index is 0.129. The molecule has 1 aromatic carbocycles. The Bertz CT molecular complexity index is 456. The lowest BCUT2D eigenvalue weighted by Crippen LogP contribution is -2.06. The van der Waals surface area contributed by atoms with Gasteiger partial charge in [0.25, 0.3) is 0 Å². The van der Waals surface area contributed by atoms with E-state index in [4.69, 9.17) is 0 Å². The SMILES string of the molecule is CC(Nc1cccc(F)c1)c1ccncc1. The molecule has 2 nitrogen and oxygen atoms in total. The Balaban J connectivity index is 2.11. The maximum Gasteiger partial charge on any atom is 0.125 e. The molecule has 82 valence electrons. The van der Waals surface area contributed by atoms with Gasteiger partial charge in [-0.1, -0.05) is 6.07 Å². The van der Waals surface area contributed by atoms with Gasteiger partial charge in [-0.25, -0.2) is 4.39 Å². The average Bonchev–Trinajstić information content (AvgIpc) is 2.30. The molecule has 2 aromatic rings. The highest BCUT2D eigenvalue weighted by Crippen LogP contribution is 2.18. The molecule has 16 heavy (non-hydrogen) atoms. The molecular formula is C13H13FN2. The van der Waals surface area contributed by atoms with Gasteiger partial charge in [0.15, 0.2) is 0 Å². The number of pyridine rings is 1. The van der Waals surface area contributed by atoms with Crippen LogP contribution in [0.3, 0.4) is 0 Å². The van der Waals surface area contributed by atoms with Crippen LogP contribution < -0.4 is 5.32 Å². The average molecular weight is 216 g/mol. The molecule has 0 saturated heterocycles. The second-order valence-electron chi connectivity index (χ2n) is 3.66. The highest BCUT2D eigenvalue weighted by atomic mass is 19.1. The van der Waals surface area contributed by atoms with Crippen molar-refractivity contribution in [3.8, 4) is 0 Å². The third kappa shape index (κ3) is 2.57. The Labute approximate surface area is 94.2 Å². The lowest BCUT2D eigenvalue weighted by Gasteiger charge is -2.15. The molecule has 0 amide bonds. The van der Waals surface area contributed by atoms with Gasteiger partial charge in [-0.05, 0) is 42.8 Å². The zero-order valence-corrected chi connectivity index (χ0v) is 9.02. The van der Waals surface area contributed by atoms with Crippen molar-refractivity contribution >= 4 is 5.69 Å². The third-order valence-corrected chi connectivity index (χ3v) is 2.41. The largest absolute Gasteiger partial charge is 0.378 e. The lowest BCUT2D eigenvalue weighted by molar-refractivity contribution is 0.628. The number of hydrogen-bond acceptors (Lipinski definition) is 2. The first-order chi connectivity index (χ1) is 7.75. The number of nitrogens with zero attached hydrogens (tertiary/aromatic N) is 1. The molecule has 1 aromatic heterocycles. The summed E-state index contributed by atoms with van der Waals surface area (Å²) in [5, 5.41) is 3.23. The van der Waals surface area contributed by atoms with Crippen LogP contribution in [-0.2, 0) is 0 Å². The molecule has 1 heterocycles. The summed E-state index contributed by atoms with van der Waals surface area (Å²) in [5.74, 6) is -0.230. The summed E-state index contributed by atoms with van der Waals surface area (Å²) >= 11 is 0. The molecule has 1 N–H and O–H groups in total. The molecule has 1 unspecified atom stereocenters. The van der Waals surface area contributed by atoms with Crippen LogP contribution in [0.1, 0.15) is 18.5 Å². The molecule has 0 spiro atoms. The molecule has 0 bridgehead atoms. The van der Waals surface area contributed by atoms with E-state index in [1.165, 1.54) is 12.1 Å². The van der Waals surface area contributed by atoms with E-state index in [1.54, 1.807) is 18.5 Å². The third-order valence-electron chi connectivity index (χ3n) is 2.41. The minimum atomic E-state index is -0.230. The quantitative estimate of drug-likeness (QED) is 0.850. The summed E-state index contributed by atoms with van der Waals surface area (Å²) in [7, 11) is 0. The van der Waals surface area contributed by atoms with Crippen LogP contribution in [-0.4, -0.2) is 4.98 Å². The highest BCUT2D eigenvalue weighted by Gasteiger charge is 2.04. The lowest BCUT2D eigenvalue weighted by atomic mass is 10.1. The van der Waals surface area contributed by atoms with E-state index in [1.807, 2.05) is 25.1 Å². The van der Waals surface area contributed by atoms with Crippen molar-refractivity contribution in [2.24, 2.45) is 0 Å². The summed E-state index contributed by atoms with van der Waals surface area (Å²) in [6.07, 6.45) is 3.50. The van der Waals surface area contributed by atoms with Gasteiger partial charge in [-0.2, -0.15) is 0 Å². The monoisotopic (exact) mass is 216 g/mol. The topological polar surface area (TPSA) is 24.9 Å². The number of nitrogens with one attached hydrogen (secondary N) is 1. The molecule has 2 rings (SSSR count). The van der Waals surface area contributed by atoms with Crippen molar-refractivity contribution in [1.82, 2.24) is 4.98 Å². The fraction of sp³-hybridized carbons (Fsp3) is 0.154. The summed E-state index contributed by atoms with van der Waals surface area (Å²) in [5.41, 5.74) is 1.91. The Morgan fingerprint density at radius 1 is 1.19 bits per heavy atom. The summed E-state index contributed by atoms with van der Waals surface area (Å²) in [6.45, 7) is 2.03. The van der Waals surface area contributed by atoms with E-state index < -0.39 is 0 Å². The maximum atomic E-state index is 13.0. The van der Waals surface area contributed by atoms with Crippen molar-refractivity contribution in [3.63, 3.8) is 0 Å². The Hall–Kier alpha value is -1.90. The second-order valence-corrected chi connectivity index (χ2v) is 3.66. The van der Waals surface area contributed by atoms with Crippen molar-refractivity contribution < 1.29 is 4.39 Å².